The summed E-state index contributed by atoms with van der Waals surface area (Å²) in [7, 11) is -3.79. The van der Waals surface area contributed by atoms with Gasteiger partial charge in [-0.3, -0.25) is 4.79 Å². The molecule has 122 valence electrons. The minimum atomic E-state index is -3.79. The Morgan fingerprint density at radius 1 is 1.32 bits per heavy atom. The molecule has 1 fully saturated rings. The second-order valence-electron chi connectivity index (χ2n) is 5.18. The molecule has 0 atom stereocenters. The summed E-state index contributed by atoms with van der Waals surface area (Å²) >= 11 is 0. The molecule has 0 bridgehead atoms. The largest absolute Gasteiger partial charge is 0.339 e. The third-order valence-corrected chi connectivity index (χ3v) is 5.01. The topological polar surface area (TPSA) is 92.5 Å². The lowest BCUT2D eigenvalue weighted by molar-refractivity contribution is 0.0788. The molecule has 22 heavy (non-hydrogen) atoms. The van der Waals surface area contributed by atoms with E-state index in [1.165, 1.54) is 12.1 Å². The van der Waals surface area contributed by atoms with Crippen LogP contribution in [0.4, 0.5) is 4.39 Å². The molecule has 0 aromatic heterocycles. The highest BCUT2D eigenvalue weighted by atomic mass is 32.2. The highest BCUT2D eigenvalue weighted by molar-refractivity contribution is 7.89. The Bertz CT molecular complexity index is 643. The van der Waals surface area contributed by atoms with Crippen LogP contribution in [0.1, 0.15) is 29.6 Å². The van der Waals surface area contributed by atoms with Gasteiger partial charge in [-0.05, 0) is 44.0 Å². The van der Waals surface area contributed by atoms with Crippen molar-refractivity contribution >= 4 is 15.9 Å². The Labute approximate surface area is 129 Å². The first-order chi connectivity index (χ1) is 10.5. The van der Waals surface area contributed by atoms with Gasteiger partial charge < -0.3 is 10.6 Å². The second-order valence-corrected chi connectivity index (χ2v) is 6.95. The third-order valence-electron chi connectivity index (χ3n) is 3.55. The molecule has 1 aliphatic heterocycles. The Morgan fingerprint density at radius 3 is 2.59 bits per heavy atom. The van der Waals surface area contributed by atoms with Crippen LogP contribution in [0, 0.1) is 5.82 Å². The van der Waals surface area contributed by atoms with Gasteiger partial charge in [0, 0.05) is 19.6 Å². The quantitative estimate of drug-likeness (QED) is 0.751. The van der Waals surface area contributed by atoms with Crippen molar-refractivity contribution in [2.45, 2.75) is 24.2 Å². The summed E-state index contributed by atoms with van der Waals surface area (Å²) in [4.78, 5) is 13.5. The van der Waals surface area contributed by atoms with E-state index in [2.05, 4.69) is 4.72 Å². The molecule has 2 rings (SSSR count). The van der Waals surface area contributed by atoms with Gasteiger partial charge >= 0.3 is 0 Å². The van der Waals surface area contributed by atoms with Crippen LogP contribution in [0.15, 0.2) is 23.1 Å². The summed E-state index contributed by atoms with van der Waals surface area (Å²) in [5, 5.41) is 0. The van der Waals surface area contributed by atoms with Crippen molar-refractivity contribution < 1.29 is 17.6 Å². The minimum absolute atomic E-state index is 0.0946. The van der Waals surface area contributed by atoms with E-state index >= 15 is 0 Å². The molecule has 1 aromatic carbocycles. The number of rotatable bonds is 6. The van der Waals surface area contributed by atoms with E-state index in [-0.39, 0.29) is 17.0 Å². The highest BCUT2D eigenvalue weighted by Gasteiger charge is 2.24. The van der Waals surface area contributed by atoms with Crippen LogP contribution in [0.3, 0.4) is 0 Å². The molecule has 1 saturated heterocycles. The van der Waals surface area contributed by atoms with Crippen LogP contribution in [0.2, 0.25) is 0 Å². The Morgan fingerprint density at radius 2 is 2.00 bits per heavy atom. The first-order valence-electron chi connectivity index (χ1n) is 7.24. The van der Waals surface area contributed by atoms with Crippen LogP contribution in [-0.4, -0.2) is 45.4 Å². The summed E-state index contributed by atoms with van der Waals surface area (Å²) in [6.45, 7) is 1.77. The molecule has 1 aromatic rings. The fourth-order valence-corrected chi connectivity index (χ4v) is 3.40. The molecule has 0 radical (unpaired) electrons. The number of benzene rings is 1. The SMILES string of the molecule is NCCCNS(=O)(=O)c1ccc(C(=O)N2CCCC2)c(F)c1. The van der Waals surface area contributed by atoms with E-state index < -0.39 is 21.7 Å². The lowest BCUT2D eigenvalue weighted by atomic mass is 10.2. The van der Waals surface area contributed by atoms with Crippen molar-refractivity contribution in [1.82, 2.24) is 9.62 Å². The average molecular weight is 329 g/mol. The number of nitrogens with zero attached hydrogens (tertiary/aromatic N) is 1. The van der Waals surface area contributed by atoms with Gasteiger partial charge in [-0.2, -0.15) is 0 Å². The van der Waals surface area contributed by atoms with Crippen LogP contribution < -0.4 is 10.5 Å². The standard InChI is InChI=1S/C14H20FN3O3S/c15-13-10-11(22(20,21)17-7-3-6-16)4-5-12(13)14(19)18-8-1-2-9-18/h4-5,10,17H,1-3,6-9,16H2. The maximum Gasteiger partial charge on any atom is 0.256 e. The Hall–Kier alpha value is -1.51. The number of carbonyl (C=O) groups excluding carboxylic acids is 1. The predicted octanol–water partition coefficient (Wildman–Crippen LogP) is 0.689. The van der Waals surface area contributed by atoms with E-state index in [1.807, 2.05) is 0 Å². The molecular formula is C14H20FN3O3S. The predicted molar refractivity (Wildman–Crippen MR) is 80.4 cm³/mol. The van der Waals surface area contributed by atoms with Crippen LogP contribution in [0.25, 0.3) is 0 Å². The van der Waals surface area contributed by atoms with Gasteiger partial charge in [0.1, 0.15) is 5.82 Å². The van der Waals surface area contributed by atoms with Crippen LogP contribution in [0.5, 0.6) is 0 Å². The van der Waals surface area contributed by atoms with Crippen molar-refractivity contribution in [1.29, 1.82) is 0 Å². The number of amides is 1. The van der Waals surface area contributed by atoms with E-state index in [0.29, 0.717) is 26.1 Å². The van der Waals surface area contributed by atoms with Gasteiger partial charge in [-0.1, -0.05) is 0 Å². The van der Waals surface area contributed by atoms with E-state index in [9.17, 15) is 17.6 Å². The lowest BCUT2D eigenvalue weighted by Crippen LogP contribution is -2.29. The smallest absolute Gasteiger partial charge is 0.256 e. The summed E-state index contributed by atoms with van der Waals surface area (Å²) in [5.41, 5.74) is 5.20. The number of carbonyl (C=O) groups is 1. The van der Waals surface area contributed by atoms with Crippen molar-refractivity contribution in [2.75, 3.05) is 26.2 Å². The molecule has 1 aliphatic rings. The van der Waals surface area contributed by atoms with E-state index in [1.54, 1.807) is 4.90 Å². The van der Waals surface area contributed by atoms with Gasteiger partial charge in [0.25, 0.3) is 5.91 Å². The number of likely N-dealkylation sites (tertiary alicyclic amines) is 1. The molecule has 6 nitrogen and oxygen atoms in total. The minimum Gasteiger partial charge on any atom is -0.339 e. The Kier molecular flexibility index (Phi) is 5.49. The summed E-state index contributed by atoms with van der Waals surface area (Å²) in [6.07, 6.45) is 2.31. The monoisotopic (exact) mass is 329 g/mol. The molecule has 0 unspecified atom stereocenters. The molecule has 0 saturated carbocycles. The summed E-state index contributed by atoms with van der Waals surface area (Å²) in [5.74, 6) is -1.21. The van der Waals surface area contributed by atoms with Crippen LogP contribution >= 0.6 is 0 Å². The molecule has 0 spiro atoms. The number of nitrogens with one attached hydrogen (secondary N) is 1. The van der Waals surface area contributed by atoms with Gasteiger partial charge in [0.05, 0.1) is 10.5 Å². The van der Waals surface area contributed by atoms with Crippen molar-refractivity contribution in [3.63, 3.8) is 0 Å². The zero-order chi connectivity index (χ0) is 16.2. The van der Waals surface area contributed by atoms with Crippen molar-refractivity contribution in [3.05, 3.63) is 29.6 Å². The van der Waals surface area contributed by atoms with E-state index in [4.69, 9.17) is 5.73 Å². The first-order valence-corrected chi connectivity index (χ1v) is 8.72. The van der Waals surface area contributed by atoms with Gasteiger partial charge in [0.2, 0.25) is 10.0 Å². The summed E-state index contributed by atoms with van der Waals surface area (Å²) in [6, 6.07) is 3.36. The van der Waals surface area contributed by atoms with Gasteiger partial charge in [-0.15, -0.1) is 0 Å². The third kappa shape index (κ3) is 3.82. The number of nitrogens with two attached hydrogens (primary N) is 1. The Balaban J connectivity index is 2.16. The number of hydrogen-bond acceptors (Lipinski definition) is 4. The molecule has 8 heteroatoms. The number of sulfonamides is 1. The fourth-order valence-electron chi connectivity index (χ4n) is 2.32. The molecule has 3 N–H and O–H groups in total. The van der Waals surface area contributed by atoms with Crippen molar-refractivity contribution in [2.24, 2.45) is 5.73 Å². The van der Waals surface area contributed by atoms with Gasteiger partial charge in [-0.25, -0.2) is 17.5 Å². The fraction of sp³-hybridized carbons (Fsp3) is 0.500. The number of hydrogen-bond donors (Lipinski definition) is 2. The average Bonchev–Trinajstić information content (AvgIpc) is 3.01. The molecular weight excluding hydrogens is 309 g/mol. The van der Waals surface area contributed by atoms with Gasteiger partial charge in [0.15, 0.2) is 0 Å². The van der Waals surface area contributed by atoms with E-state index in [0.717, 1.165) is 18.9 Å². The number of halogens is 1. The maximum absolute atomic E-state index is 14.1. The lowest BCUT2D eigenvalue weighted by Gasteiger charge is -2.16. The van der Waals surface area contributed by atoms with Crippen molar-refractivity contribution in [3.8, 4) is 0 Å². The highest BCUT2D eigenvalue weighted by Crippen LogP contribution is 2.19. The molecule has 1 heterocycles. The normalized spacial score (nSPS) is 15.3. The second kappa shape index (κ2) is 7.17. The zero-order valence-corrected chi connectivity index (χ0v) is 13.0. The summed E-state index contributed by atoms with van der Waals surface area (Å²) < 4.78 is 40.4. The maximum atomic E-state index is 14.1. The molecule has 0 aliphatic carbocycles. The molecule has 1 amide bonds. The first kappa shape index (κ1) is 16.9. The zero-order valence-electron chi connectivity index (χ0n) is 12.2. The van der Waals surface area contributed by atoms with Crippen LogP contribution in [-0.2, 0) is 10.0 Å².